The summed E-state index contributed by atoms with van der Waals surface area (Å²) in [4.78, 5) is 4.11. The van der Waals surface area contributed by atoms with Gasteiger partial charge in [-0.05, 0) is 6.42 Å². The molecule has 0 radical (unpaired) electrons. The van der Waals surface area contributed by atoms with E-state index in [1.807, 2.05) is 0 Å². The Morgan fingerprint density at radius 3 is 3.23 bits per heavy atom. The molecule has 13 heavy (non-hydrogen) atoms. The van der Waals surface area contributed by atoms with Gasteiger partial charge in [0.15, 0.2) is 0 Å². The number of ether oxygens (including phenoxy) is 1. The molecule has 2 unspecified atom stereocenters. The van der Waals surface area contributed by atoms with Crippen LogP contribution in [-0.2, 0) is 4.74 Å². The molecule has 1 aliphatic rings. The van der Waals surface area contributed by atoms with Gasteiger partial charge in [-0.1, -0.05) is 11.6 Å². The Hall–Kier alpha value is -0.630. The molecule has 1 aromatic heterocycles. The zero-order chi connectivity index (χ0) is 9.26. The van der Waals surface area contributed by atoms with Crippen molar-refractivity contribution in [2.24, 2.45) is 5.92 Å². The average Bonchev–Trinajstić information content (AvgIpc) is 2.71. The van der Waals surface area contributed by atoms with Crippen LogP contribution in [0.2, 0.25) is 4.34 Å². The molecule has 5 heteroatoms. The molecule has 1 aromatic rings. The van der Waals surface area contributed by atoms with Crippen LogP contribution in [0.1, 0.15) is 17.5 Å². The second-order valence-corrected chi connectivity index (χ2v) is 4.51. The van der Waals surface area contributed by atoms with E-state index >= 15 is 0 Å². The minimum atomic E-state index is -0.164. The predicted octanol–water partition coefficient (Wildman–Crippen LogP) is 2.40. The fourth-order valence-electron chi connectivity index (χ4n) is 1.36. The van der Waals surface area contributed by atoms with Crippen LogP contribution in [0.4, 0.5) is 0 Å². The highest BCUT2D eigenvalue weighted by molar-refractivity contribution is 7.15. The summed E-state index contributed by atoms with van der Waals surface area (Å²) in [6.07, 6.45) is 2.22. The quantitative estimate of drug-likeness (QED) is 0.721. The van der Waals surface area contributed by atoms with Crippen molar-refractivity contribution < 1.29 is 4.74 Å². The molecule has 0 aromatic carbocycles. The smallest absolute Gasteiger partial charge is 0.125 e. The normalized spacial score (nSPS) is 27.4. The van der Waals surface area contributed by atoms with Crippen molar-refractivity contribution in [3.8, 4) is 6.07 Å². The number of thiazole rings is 1. The van der Waals surface area contributed by atoms with E-state index in [1.165, 1.54) is 11.3 Å². The lowest BCUT2D eigenvalue weighted by molar-refractivity contribution is 0.100. The predicted molar refractivity (Wildman–Crippen MR) is 49.5 cm³/mol. The van der Waals surface area contributed by atoms with Gasteiger partial charge >= 0.3 is 0 Å². The fourth-order valence-corrected chi connectivity index (χ4v) is 2.41. The van der Waals surface area contributed by atoms with E-state index in [1.54, 1.807) is 6.20 Å². The molecule has 0 N–H and O–H groups in total. The molecule has 1 saturated heterocycles. The van der Waals surface area contributed by atoms with Crippen LogP contribution >= 0.6 is 22.9 Å². The van der Waals surface area contributed by atoms with E-state index in [0.717, 1.165) is 11.4 Å². The maximum atomic E-state index is 8.82. The van der Waals surface area contributed by atoms with Gasteiger partial charge in [-0.2, -0.15) is 5.26 Å². The molecule has 0 bridgehead atoms. The number of nitriles is 1. The molecule has 2 rings (SSSR count). The number of nitrogens with zero attached hydrogens (tertiary/aromatic N) is 2. The van der Waals surface area contributed by atoms with Crippen molar-refractivity contribution in [2.45, 2.75) is 12.5 Å². The van der Waals surface area contributed by atoms with Crippen LogP contribution in [0.25, 0.3) is 0 Å². The Balaban J connectivity index is 2.21. The Labute approximate surface area is 84.9 Å². The topological polar surface area (TPSA) is 45.9 Å². The number of hydrogen-bond acceptors (Lipinski definition) is 4. The largest absolute Gasteiger partial charge is 0.370 e. The molecule has 0 spiro atoms. The van der Waals surface area contributed by atoms with Crippen molar-refractivity contribution in [3.63, 3.8) is 0 Å². The summed E-state index contributed by atoms with van der Waals surface area (Å²) in [6.45, 7) is 0.639. The van der Waals surface area contributed by atoms with E-state index in [9.17, 15) is 0 Å². The van der Waals surface area contributed by atoms with Crippen molar-refractivity contribution in [1.82, 2.24) is 4.98 Å². The first kappa shape index (κ1) is 8.95. The molecule has 0 amide bonds. The van der Waals surface area contributed by atoms with Gasteiger partial charge in [0.05, 0.1) is 18.2 Å². The van der Waals surface area contributed by atoms with Gasteiger partial charge in [0, 0.05) is 6.61 Å². The summed E-state index contributed by atoms with van der Waals surface area (Å²) in [5, 5.41) is 9.63. The lowest BCUT2D eigenvalue weighted by Crippen LogP contribution is -2.04. The monoisotopic (exact) mass is 214 g/mol. The zero-order valence-corrected chi connectivity index (χ0v) is 8.31. The van der Waals surface area contributed by atoms with Crippen molar-refractivity contribution in [3.05, 3.63) is 15.5 Å². The number of hydrogen-bond donors (Lipinski definition) is 0. The Bertz CT molecular complexity index is 346. The summed E-state index contributed by atoms with van der Waals surface area (Å²) < 4.78 is 6.06. The van der Waals surface area contributed by atoms with Crippen molar-refractivity contribution in [2.75, 3.05) is 6.61 Å². The van der Waals surface area contributed by atoms with E-state index in [-0.39, 0.29) is 12.0 Å². The molecule has 68 valence electrons. The van der Waals surface area contributed by atoms with Gasteiger partial charge in [0.1, 0.15) is 15.4 Å². The minimum absolute atomic E-state index is 0.0674. The summed E-state index contributed by atoms with van der Waals surface area (Å²) in [7, 11) is 0. The Morgan fingerprint density at radius 2 is 2.62 bits per heavy atom. The molecule has 2 atom stereocenters. The first-order valence-electron chi connectivity index (χ1n) is 3.93. The second kappa shape index (κ2) is 3.62. The molecule has 2 heterocycles. The number of halogens is 1. The van der Waals surface area contributed by atoms with E-state index in [0.29, 0.717) is 10.9 Å². The lowest BCUT2D eigenvalue weighted by atomic mass is 10.0. The van der Waals surface area contributed by atoms with Crippen molar-refractivity contribution in [1.29, 1.82) is 5.26 Å². The summed E-state index contributed by atoms with van der Waals surface area (Å²) in [5.74, 6) is -0.0674. The highest BCUT2D eigenvalue weighted by atomic mass is 35.5. The van der Waals surface area contributed by atoms with Crippen molar-refractivity contribution >= 4 is 22.9 Å². The van der Waals surface area contributed by atoms with Gasteiger partial charge in [-0.15, -0.1) is 11.3 Å². The van der Waals surface area contributed by atoms with E-state index in [2.05, 4.69) is 11.1 Å². The minimum Gasteiger partial charge on any atom is -0.370 e. The maximum absolute atomic E-state index is 8.82. The third-order valence-corrected chi connectivity index (χ3v) is 3.17. The van der Waals surface area contributed by atoms with Gasteiger partial charge < -0.3 is 4.74 Å². The van der Waals surface area contributed by atoms with Crippen LogP contribution in [0.5, 0.6) is 0 Å². The van der Waals surface area contributed by atoms with E-state index < -0.39 is 0 Å². The van der Waals surface area contributed by atoms with Gasteiger partial charge in [0.25, 0.3) is 0 Å². The third kappa shape index (κ3) is 1.68. The SMILES string of the molecule is N#CC1CCOC1c1ncc(Cl)s1. The Morgan fingerprint density at radius 1 is 1.77 bits per heavy atom. The molecule has 0 saturated carbocycles. The first-order chi connectivity index (χ1) is 6.31. The van der Waals surface area contributed by atoms with Crippen LogP contribution in [0.15, 0.2) is 6.20 Å². The summed E-state index contributed by atoms with van der Waals surface area (Å²) in [6, 6.07) is 2.22. The Kier molecular flexibility index (Phi) is 2.49. The molecule has 1 aliphatic heterocycles. The lowest BCUT2D eigenvalue weighted by Gasteiger charge is -2.07. The van der Waals surface area contributed by atoms with Crippen LogP contribution in [0, 0.1) is 17.2 Å². The number of aromatic nitrogens is 1. The van der Waals surface area contributed by atoms with Gasteiger partial charge in [-0.3, -0.25) is 0 Å². The average molecular weight is 215 g/mol. The number of rotatable bonds is 1. The zero-order valence-electron chi connectivity index (χ0n) is 6.74. The molecule has 3 nitrogen and oxygen atoms in total. The van der Waals surface area contributed by atoms with Gasteiger partial charge in [-0.25, -0.2) is 4.98 Å². The van der Waals surface area contributed by atoms with Gasteiger partial charge in [0.2, 0.25) is 0 Å². The fraction of sp³-hybridized carbons (Fsp3) is 0.500. The highest BCUT2D eigenvalue weighted by Gasteiger charge is 2.31. The maximum Gasteiger partial charge on any atom is 0.125 e. The molecule has 0 aliphatic carbocycles. The molecular formula is C8H7ClN2OS. The van der Waals surface area contributed by atoms with Crippen LogP contribution in [0.3, 0.4) is 0 Å². The van der Waals surface area contributed by atoms with Crippen LogP contribution < -0.4 is 0 Å². The highest BCUT2D eigenvalue weighted by Crippen LogP contribution is 2.36. The third-order valence-electron chi connectivity index (χ3n) is 2.00. The van der Waals surface area contributed by atoms with Crippen LogP contribution in [-0.4, -0.2) is 11.6 Å². The first-order valence-corrected chi connectivity index (χ1v) is 5.13. The summed E-state index contributed by atoms with van der Waals surface area (Å²) >= 11 is 7.13. The molecule has 1 fully saturated rings. The van der Waals surface area contributed by atoms with E-state index in [4.69, 9.17) is 21.6 Å². The summed E-state index contributed by atoms with van der Waals surface area (Å²) in [5.41, 5.74) is 0. The molecular weight excluding hydrogens is 208 g/mol. The second-order valence-electron chi connectivity index (χ2n) is 2.82. The standard InChI is InChI=1S/C8H7ClN2OS/c9-6-4-11-8(13-6)7-5(3-10)1-2-12-7/h4-5,7H,1-2H2.